The minimum absolute atomic E-state index is 0.718. The van der Waals surface area contributed by atoms with Gasteiger partial charge in [-0.05, 0) is 19.3 Å². The highest BCUT2D eigenvalue weighted by Gasteiger charge is 2.11. The van der Waals surface area contributed by atoms with Crippen LogP contribution in [0.3, 0.4) is 0 Å². The van der Waals surface area contributed by atoms with Crippen molar-refractivity contribution < 1.29 is 0 Å². The SMILES string of the molecule is CCC1=CC=C(C)C1C. The normalized spacial score (nSPS) is 25.9. The summed E-state index contributed by atoms with van der Waals surface area (Å²) in [5.74, 6) is 0.718. The van der Waals surface area contributed by atoms with E-state index in [1.54, 1.807) is 5.57 Å². The monoisotopic (exact) mass is 122 g/mol. The molecule has 0 aromatic heterocycles. The van der Waals surface area contributed by atoms with Gasteiger partial charge in [-0.3, -0.25) is 0 Å². The maximum atomic E-state index is 2.27. The molecule has 0 N–H and O–H groups in total. The van der Waals surface area contributed by atoms with Crippen LogP contribution in [0.4, 0.5) is 0 Å². The van der Waals surface area contributed by atoms with Crippen molar-refractivity contribution in [1.82, 2.24) is 0 Å². The Labute approximate surface area is 57.3 Å². The molecule has 1 unspecified atom stereocenters. The van der Waals surface area contributed by atoms with E-state index in [0.717, 1.165) is 5.92 Å². The zero-order valence-corrected chi connectivity index (χ0v) is 6.44. The summed E-state index contributed by atoms with van der Waals surface area (Å²) in [7, 11) is 0. The van der Waals surface area contributed by atoms with Crippen LogP contribution < -0.4 is 0 Å². The van der Waals surface area contributed by atoms with Gasteiger partial charge in [-0.15, -0.1) is 0 Å². The third-order valence-corrected chi connectivity index (χ3v) is 2.21. The number of hydrogen-bond donors (Lipinski definition) is 0. The minimum Gasteiger partial charge on any atom is -0.0664 e. The van der Waals surface area contributed by atoms with Crippen LogP contribution in [0, 0.1) is 5.92 Å². The van der Waals surface area contributed by atoms with Crippen molar-refractivity contribution in [2.45, 2.75) is 27.2 Å². The molecule has 0 fully saturated rings. The van der Waals surface area contributed by atoms with Crippen molar-refractivity contribution >= 4 is 0 Å². The van der Waals surface area contributed by atoms with Gasteiger partial charge < -0.3 is 0 Å². The smallest absolute Gasteiger partial charge is 0.00181 e. The fourth-order valence-corrected chi connectivity index (χ4v) is 1.24. The Kier molecular flexibility index (Phi) is 1.75. The Hall–Kier alpha value is -0.520. The van der Waals surface area contributed by atoms with E-state index >= 15 is 0 Å². The lowest BCUT2D eigenvalue weighted by Gasteiger charge is -2.07. The van der Waals surface area contributed by atoms with E-state index < -0.39 is 0 Å². The molecule has 0 heterocycles. The van der Waals surface area contributed by atoms with Crippen molar-refractivity contribution in [3.8, 4) is 0 Å². The van der Waals surface area contributed by atoms with Crippen LogP contribution in [-0.4, -0.2) is 0 Å². The van der Waals surface area contributed by atoms with Gasteiger partial charge in [-0.1, -0.05) is 37.1 Å². The molecule has 0 amide bonds. The Balaban J connectivity index is 2.67. The summed E-state index contributed by atoms with van der Waals surface area (Å²) in [4.78, 5) is 0. The van der Waals surface area contributed by atoms with Crippen LogP contribution in [0.2, 0.25) is 0 Å². The van der Waals surface area contributed by atoms with Crippen molar-refractivity contribution in [2.75, 3.05) is 0 Å². The minimum atomic E-state index is 0.718. The lowest BCUT2D eigenvalue weighted by Crippen LogP contribution is -1.94. The first kappa shape index (κ1) is 6.60. The second kappa shape index (κ2) is 2.38. The van der Waals surface area contributed by atoms with Gasteiger partial charge in [0, 0.05) is 0 Å². The first-order valence-corrected chi connectivity index (χ1v) is 3.63. The first-order chi connectivity index (χ1) is 4.25. The second-order valence-corrected chi connectivity index (χ2v) is 2.73. The van der Waals surface area contributed by atoms with Crippen molar-refractivity contribution in [1.29, 1.82) is 0 Å². The van der Waals surface area contributed by atoms with E-state index in [1.807, 2.05) is 0 Å². The molecular formula is C9H14. The Morgan fingerprint density at radius 3 is 2.33 bits per heavy atom. The quantitative estimate of drug-likeness (QED) is 0.501. The standard InChI is InChI=1S/C9H14/c1-4-9-6-5-7(2)8(9)3/h5-6,8H,4H2,1-3H3. The fourth-order valence-electron chi connectivity index (χ4n) is 1.24. The highest BCUT2D eigenvalue weighted by molar-refractivity contribution is 5.32. The molecule has 1 rings (SSSR count). The van der Waals surface area contributed by atoms with Gasteiger partial charge in [0.15, 0.2) is 0 Å². The molecule has 1 aliphatic carbocycles. The van der Waals surface area contributed by atoms with Gasteiger partial charge in [-0.25, -0.2) is 0 Å². The van der Waals surface area contributed by atoms with Crippen LogP contribution in [0.5, 0.6) is 0 Å². The van der Waals surface area contributed by atoms with E-state index in [1.165, 1.54) is 12.0 Å². The third kappa shape index (κ3) is 1.07. The second-order valence-electron chi connectivity index (χ2n) is 2.73. The van der Waals surface area contributed by atoms with Crippen LogP contribution in [0.15, 0.2) is 23.3 Å². The Bertz CT molecular complexity index is 161. The summed E-state index contributed by atoms with van der Waals surface area (Å²) in [6.07, 6.45) is 5.68. The van der Waals surface area contributed by atoms with E-state index in [2.05, 4.69) is 32.9 Å². The molecule has 9 heavy (non-hydrogen) atoms. The third-order valence-electron chi connectivity index (χ3n) is 2.21. The lowest BCUT2D eigenvalue weighted by atomic mass is 9.98. The molecule has 0 saturated carbocycles. The number of rotatable bonds is 1. The molecule has 0 aromatic rings. The molecule has 0 aromatic carbocycles. The van der Waals surface area contributed by atoms with Gasteiger partial charge in [0.25, 0.3) is 0 Å². The molecular weight excluding hydrogens is 108 g/mol. The molecule has 0 bridgehead atoms. The molecule has 0 nitrogen and oxygen atoms in total. The first-order valence-electron chi connectivity index (χ1n) is 3.63. The maximum Gasteiger partial charge on any atom is -0.00181 e. The lowest BCUT2D eigenvalue weighted by molar-refractivity contribution is 0.780. The molecule has 0 spiro atoms. The molecule has 50 valence electrons. The molecule has 0 aliphatic heterocycles. The molecule has 1 aliphatic rings. The average Bonchev–Trinajstić information content (AvgIpc) is 2.15. The summed E-state index contributed by atoms with van der Waals surface area (Å²) in [6, 6.07) is 0. The van der Waals surface area contributed by atoms with Crippen molar-refractivity contribution in [3.05, 3.63) is 23.3 Å². The maximum absolute atomic E-state index is 2.27. The highest BCUT2D eigenvalue weighted by atomic mass is 14.2. The Morgan fingerprint density at radius 2 is 2.11 bits per heavy atom. The van der Waals surface area contributed by atoms with E-state index in [-0.39, 0.29) is 0 Å². The summed E-state index contributed by atoms with van der Waals surface area (Å²) in [5.41, 5.74) is 3.08. The summed E-state index contributed by atoms with van der Waals surface area (Å²) < 4.78 is 0. The largest absolute Gasteiger partial charge is 0.0664 e. The summed E-state index contributed by atoms with van der Waals surface area (Å²) >= 11 is 0. The molecule has 1 atom stereocenters. The topological polar surface area (TPSA) is 0 Å². The zero-order chi connectivity index (χ0) is 6.85. The predicted molar refractivity (Wildman–Crippen MR) is 41.3 cm³/mol. The van der Waals surface area contributed by atoms with Crippen LogP contribution in [0.25, 0.3) is 0 Å². The summed E-state index contributed by atoms with van der Waals surface area (Å²) in [6.45, 7) is 6.69. The van der Waals surface area contributed by atoms with Gasteiger partial charge >= 0.3 is 0 Å². The van der Waals surface area contributed by atoms with Crippen LogP contribution >= 0.6 is 0 Å². The Morgan fingerprint density at radius 1 is 1.44 bits per heavy atom. The van der Waals surface area contributed by atoms with Gasteiger partial charge in [0.2, 0.25) is 0 Å². The fraction of sp³-hybridized carbons (Fsp3) is 0.556. The molecule has 0 saturated heterocycles. The van der Waals surface area contributed by atoms with E-state index in [9.17, 15) is 0 Å². The summed E-state index contributed by atoms with van der Waals surface area (Å²) in [5, 5.41) is 0. The van der Waals surface area contributed by atoms with Gasteiger partial charge in [-0.2, -0.15) is 0 Å². The zero-order valence-electron chi connectivity index (χ0n) is 6.44. The molecule has 0 heteroatoms. The van der Waals surface area contributed by atoms with Crippen molar-refractivity contribution in [2.24, 2.45) is 5.92 Å². The predicted octanol–water partition coefficient (Wildman–Crippen LogP) is 2.92. The van der Waals surface area contributed by atoms with Crippen molar-refractivity contribution in [3.63, 3.8) is 0 Å². The highest BCUT2D eigenvalue weighted by Crippen LogP contribution is 2.27. The van der Waals surface area contributed by atoms with E-state index in [4.69, 9.17) is 0 Å². The van der Waals surface area contributed by atoms with E-state index in [0.29, 0.717) is 0 Å². The van der Waals surface area contributed by atoms with Crippen LogP contribution in [-0.2, 0) is 0 Å². The number of allylic oxidation sites excluding steroid dienone is 4. The van der Waals surface area contributed by atoms with Gasteiger partial charge in [0.1, 0.15) is 0 Å². The van der Waals surface area contributed by atoms with Crippen LogP contribution in [0.1, 0.15) is 27.2 Å². The molecule has 0 radical (unpaired) electrons. The number of hydrogen-bond acceptors (Lipinski definition) is 0. The van der Waals surface area contributed by atoms with Gasteiger partial charge in [0.05, 0.1) is 0 Å². The average molecular weight is 122 g/mol.